The monoisotopic (exact) mass is 571 g/mol. The van der Waals surface area contributed by atoms with E-state index >= 15 is 0 Å². The molecule has 1 aliphatic rings. The topological polar surface area (TPSA) is 89.0 Å². The molecule has 2 aromatic heterocycles. The average Bonchev–Trinajstić information content (AvgIpc) is 3.47. The molecule has 3 heterocycles. The number of pyridine rings is 1. The van der Waals surface area contributed by atoms with Gasteiger partial charge in [0.25, 0.3) is 0 Å². The van der Waals surface area contributed by atoms with Crippen molar-refractivity contribution in [1.82, 2.24) is 9.88 Å². The number of aromatic nitrogens is 1. The number of ether oxygens (including phenoxy) is 2. The lowest BCUT2D eigenvalue weighted by Gasteiger charge is -2.36. The van der Waals surface area contributed by atoms with E-state index in [2.05, 4.69) is 4.90 Å². The predicted molar refractivity (Wildman–Crippen MR) is 161 cm³/mol. The van der Waals surface area contributed by atoms with Crippen LogP contribution in [0.1, 0.15) is 43.6 Å². The van der Waals surface area contributed by atoms with Gasteiger partial charge < -0.3 is 19.3 Å². The van der Waals surface area contributed by atoms with Crippen LogP contribution in [0.2, 0.25) is 0 Å². The van der Waals surface area contributed by atoms with Crippen molar-refractivity contribution < 1.29 is 23.9 Å². The number of fused-ring (bicyclic) bond motifs is 1. The van der Waals surface area contributed by atoms with Gasteiger partial charge in [0.1, 0.15) is 17.2 Å². The molecule has 0 aliphatic carbocycles. The van der Waals surface area contributed by atoms with Crippen molar-refractivity contribution in [3.63, 3.8) is 0 Å². The standard InChI is InChI=1S/C32H33N3O5S/c1-21(36)39-28-11-8-24(29-6-5-17-41-29)19-25(28)20-27(37)23-7-10-26-22(18-23)9-12-30(33-26)34-13-15-35(16-14-34)31(38)40-32(2,3)4/h5-12,17-19H,13-16,20H2,1-4H3. The van der Waals surface area contributed by atoms with Crippen LogP contribution in [0.5, 0.6) is 5.75 Å². The smallest absolute Gasteiger partial charge is 0.410 e. The molecule has 0 atom stereocenters. The van der Waals surface area contributed by atoms with Crippen LogP contribution in [-0.4, -0.2) is 59.5 Å². The molecular weight excluding hydrogens is 538 g/mol. The highest BCUT2D eigenvalue weighted by atomic mass is 32.1. The zero-order valence-electron chi connectivity index (χ0n) is 23.7. The molecule has 212 valence electrons. The SMILES string of the molecule is CC(=O)Oc1ccc(-c2cccs2)cc1CC(=O)c1ccc2nc(N3CCN(C(=O)OC(C)(C)C)CC3)ccc2c1. The Morgan fingerprint density at radius 1 is 0.951 bits per heavy atom. The summed E-state index contributed by atoms with van der Waals surface area (Å²) in [4.78, 5) is 47.2. The van der Waals surface area contributed by atoms with Gasteiger partial charge >= 0.3 is 12.1 Å². The van der Waals surface area contributed by atoms with Crippen molar-refractivity contribution in [3.05, 3.63) is 77.2 Å². The first-order valence-corrected chi connectivity index (χ1v) is 14.5. The maximum absolute atomic E-state index is 13.4. The highest BCUT2D eigenvalue weighted by Gasteiger charge is 2.26. The van der Waals surface area contributed by atoms with E-state index in [1.54, 1.807) is 28.4 Å². The number of ketones is 1. The van der Waals surface area contributed by atoms with Crippen molar-refractivity contribution in [2.75, 3.05) is 31.1 Å². The summed E-state index contributed by atoms with van der Waals surface area (Å²) in [6.45, 7) is 9.38. The molecule has 1 fully saturated rings. The van der Waals surface area contributed by atoms with Crippen LogP contribution >= 0.6 is 11.3 Å². The number of piperazine rings is 1. The Kier molecular flexibility index (Phi) is 8.08. The highest BCUT2D eigenvalue weighted by molar-refractivity contribution is 7.13. The summed E-state index contributed by atoms with van der Waals surface area (Å²) >= 11 is 1.61. The number of rotatable bonds is 6. The molecule has 41 heavy (non-hydrogen) atoms. The van der Waals surface area contributed by atoms with Gasteiger partial charge in [-0.05, 0) is 86.3 Å². The molecule has 1 amide bonds. The minimum atomic E-state index is -0.521. The molecule has 8 nitrogen and oxygen atoms in total. The first kappa shape index (κ1) is 28.3. The maximum atomic E-state index is 13.4. The Morgan fingerprint density at radius 3 is 2.41 bits per heavy atom. The fourth-order valence-electron chi connectivity index (χ4n) is 4.75. The van der Waals surface area contributed by atoms with E-state index in [-0.39, 0.29) is 18.3 Å². The number of nitrogens with zero attached hydrogens (tertiary/aromatic N) is 3. The van der Waals surface area contributed by atoms with Crippen LogP contribution in [0, 0.1) is 0 Å². The average molecular weight is 572 g/mol. The van der Waals surface area contributed by atoms with Crippen LogP contribution in [0.4, 0.5) is 10.6 Å². The fraction of sp³-hybridized carbons (Fsp3) is 0.312. The summed E-state index contributed by atoms with van der Waals surface area (Å²) in [7, 11) is 0. The molecule has 0 unspecified atom stereocenters. The van der Waals surface area contributed by atoms with Crippen molar-refractivity contribution in [3.8, 4) is 16.2 Å². The molecule has 0 radical (unpaired) electrons. The first-order valence-electron chi connectivity index (χ1n) is 13.6. The second-order valence-electron chi connectivity index (χ2n) is 11.0. The number of Topliss-reactive ketones (excluding diaryl/α,β-unsaturated/α-hetero) is 1. The molecule has 0 bridgehead atoms. The van der Waals surface area contributed by atoms with Crippen molar-refractivity contribution >= 4 is 45.9 Å². The van der Waals surface area contributed by atoms with Gasteiger partial charge in [-0.25, -0.2) is 9.78 Å². The Labute approximate surface area is 243 Å². The number of anilines is 1. The quantitative estimate of drug-likeness (QED) is 0.151. The number of carbonyl (C=O) groups excluding carboxylic acids is 3. The molecule has 9 heteroatoms. The summed E-state index contributed by atoms with van der Waals surface area (Å²) in [5.74, 6) is 0.717. The van der Waals surface area contributed by atoms with E-state index in [4.69, 9.17) is 14.5 Å². The minimum absolute atomic E-state index is 0.0778. The third kappa shape index (κ3) is 6.92. The Hall–Kier alpha value is -4.24. The summed E-state index contributed by atoms with van der Waals surface area (Å²) in [5, 5.41) is 2.86. The number of hydrogen-bond donors (Lipinski definition) is 0. The second-order valence-corrected chi connectivity index (χ2v) is 12.0. The fourth-order valence-corrected chi connectivity index (χ4v) is 5.48. The molecule has 4 aromatic rings. The molecular formula is C32H33N3O5S. The van der Waals surface area contributed by atoms with Crippen molar-refractivity contribution in [2.24, 2.45) is 0 Å². The predicted octanol–water partition coefficient (Wildman–Crippen LogP) is 6.37. The molecule has 2 aromatic carbocycles. The van der Waals surface area contributed by atoms with Crippen LogP contribution in [-0.2, 0) is 16.0 Å². The van der Waals surface area contributed by atoms with Crippen LogP contribution in [0.25, 0.3) is 21.3 Å². The van der Waals surface area contributed by atoms with E-state index in [0.717, 1.165) is 27.2 Å². The lowest BCUT2D eigenvalue weighted by molar-refractivity contribution is -0.131. The van der Waals surface area contributed by atoms with Crippen molar-refractivity contribution in [1.29, 1.82) is 0 Å². The molecule has 5 rings (SSSR count). The minimum Gasteiger partial charge on any atom is -0.444 e. The van der Waals surface area contributed by atoms with E-state index in [9.17, 15) is 14.4 Å². The Bertz CT molecular complexity index is 1580. The zero-order chi connectivity index (χ0) is 29.1. The van der Waals surface area contributed by atoms with Gasteiger partial charge in [-0.2, -0.15) is 0 Å². The van der Waals surface area contributed by atoms with E-state index in [1.807, 2.05) is 74.7 Å². The lowest BCUT2D eigenvalue weighted by Crippen LogP contribution is -2.50. The number of carbonyl (C=O) groups is 3. The molecule has 0 spiro atoms. The summed E-state index contributed by atoms with van der Waals surface area (Å²) < 4.78 is 10.9. The summed E-state index contributed by atoms with van der Waals surface area (Å²) in [6.07, 6.45) is -0.195. The highest BCUT2D eigenvalue weighted by Crippen LogP contribution is 2.31. The number of amides is 1. The van der Waals surface area contributed by atoms with E-state index in [1.165, 1.54) is 6.92 Å². The van der Waals surface area contributed by atoms with Gasteiger partial charge in [0.2, 0.25) is 0 Å². The molecule has 1 aliphatic heterocycles. The van der Waals surface area contributed by atoms with E-state index < -0.39 is 11.6 Å². The Morgan fingerprint density at radius 2 is 1.73 bits per heavy atom. The molecule has 0 saturated carbocycles. The van der Waals surface area contributed by atoms with E-state index in [0.29, 0.717) is 43.1 Å². The lowest BCUT2D eigenvalue weighted by atomic mass is 9.99. The second kappa shape index (κ2) is 11.7. The van der Waals surface area contributed by atoms with Gasteiger partial charge in [-0.1, -0.05) is 6.07 Å². The summed E-state index contributed by atoms with van der Waals surface area (Å²) in [5.41, 5.74) is 2.46. The Balaban J connectivity index is 1.29. The number of benzene rings is 2. The maximum Gasteiger partial charge on any atom is 0.410 e. The molecule has 0 N–H and O–H groups in total. The van der Waals surface area contributed by atoms with Gasteiger partial charge in [0.15, 0.2) is 5.78 Å². The first-order chi connectivity index (χ1) is 19.6. The normalized spacial score (nSPS) is 13.8. The van der Waals surface area contributed by atoms with Gasteiger partial charge in [-0.15, -0.1) is 11.3 Å². The van der Waals surface area contributed by atoms with Gasteiger partial charge in [-0.3, -0.25) is 9.59 Å². The number of hydrogen-bond acceptors (Lipinski definition) is 8. The van der Waals surface area contributed by atoms with Crippen LogP contribution < -0.4 is 9.64 Å². The van der Waals surface area contributed by atoms with Gasteiger partial charge in [0, 0.05) is 60.9 Å². The third-order valence-corrected chi connectivity index (χ3v) is 7.64. The summed E-state index contributed by atoms with van der Waals surface area (Å²) in [6, 6.07) is 19.0. The third-order valence-electron chi connectivity index (χ3n) is 6.72. The number of esters is 1. The largest absolute Gasteiger partial charge is 0.444 e. The van der Waals surface area contributed by atoms with Crippen LogP contribution in [0.15, 0.2) is 66.0 Å². The molecule has 1 saturated heterocycles. The zero-order valence-corrected chi connectivity index (χ0v) is 24.5. The van der Waals surface area contributed by atoms with Crippen LogP contribution in [0.3, 0.4) is 0 Å². The van der Waals surface area contributed by atoms with Gasteiger partial charge in [0.05, 0.1) is 5.52 Å². The van der Waals surface area contributed by atoms with Crippen molar-refractivity contribution in [2.45, 2.75) is 39.7 Å². The number of thiophene rings is 1.